The first-order chi connectivity index (χ1) is 9.49. The highest BCUT2D eigenvalue weighted by molar-refractivity contribution is 6.00. The summed E-state index contributed by atoms with van der Waals surface area (Å²) in [5.74, 6) is -0.378. The fraction of sp³-hybridized carbons (Fsp3) is 0.769. The predicted octanol–water partition coefficient (Wildman–Crippen LogP) is -1.50. The first-order valence-corrected chi connectivity index (χ1v) is 6.99. The summed E-state index contributed by atoms with van der Waals surface area (Å²) in [5, 5.41) is 2.98. The van der Waals surface area contributed by atoms with Crippen molar-refractivity contribution in [2.45, 2.75) is 18.9 Å². The van der Waals surface area contributed by atoms with Gasteiger partial charge in [0.15, 0.2) is 0 Å². The lowest BCUT2D eigenvalue weighted by molar-refractivity contribution is -0.148. The fourth-order valence-corrected chi connectivity index (χ4v) is 2.48. The van der Waals surface area contributed by atoms with Crippen molar-refractivity contribution in [3.8, 4) is 0 Å². The summed E-state index contributed by atoms with van der Waals surface area (Å²) < 4.78 is 0. The zero-order valence-electron chi connectivity index (χ0n) is 12.1. The lowest BCUT2D eigenvalue weighted by atomic mass is 10.0. The third-order valence-corrected chi connectivity index (χ3v) is 4.01. The SMILES string of the molecule is CN1CCN(C(=O)CNC2CCC(=O)N(C)C2=O)CC1. The third kappa shape index (κ3) is 3.34. The van der Waals surface area contributed by atoms with Crippen molar-refractivity contribution in [1.29, 1.82) is 0 Å². The number of carbonyl (C=O) groups excluding carboxylic acids is 3. The lowest BCUT2D eigenvalue weighted by Crippen LogP contribution is -2.55. The van der Waals surface area contributed by atoms with Crippen LogP contribution in [0.5, 0.6) is 0 Å². The van der Waals surface area contributed by atoms with Crippen molar-refractivity contribution in [1.82, 2.24) is 20.0 Å². The maximum absolute atomic E-state index is 12.1. The Morgan fingerprint density at radius 2 is 1.85 bits per heavy atom. The molecular formula is C13H22N4O3. The molecule has 2 aliphatic rings. The highest BCUT2D eigenvalue weighted by Crippen LogP contribution is 2.11. The largest absolute Gasteiger partial charge is 0.339 e. The molecular weight excluding hydrogens is 260 g/mol. The number of carbonyl (C=O) groups is 3. The molecule has 112 valence electrons. The number of hydrogen-bond donors (Lipinski definition) is 1. The van der Waals surface area contributed by atoms with Gasteiger partial charge in [-0.2, -0.15) is 0 Å². The van der Waals surface area contributed by atoms with Crippen LogP contribution in [0, 0.1) is 0 Å². The predicted molar refractivity (Wildman–Crippen MR) is 72.9 cm³/mol. The van der Waals surface area contributed by atoms with E-state index in [1.807, 2.05) is 11.9 Å². The van der Waals surface area contributed by atoms with E-state index in [-0.39, 0.29) is 24.3 Å². The van der Waals surface area contributed by atoms with Crippen LogP contribution >= 0.6 is 0 Å². The minimum absolute atomic E-state index is 0.0189. The molecule has 0 radical (unpaired) electrons. The Bertz CT molecular complexity index is 404. The van der Waals surface area contributed by atoms with E-state index in [4.69, 9.17) is 0 Å². The van der Waals surface area contributed by atoms with Gasteiger partial charge in [0, 0.05) is 39.6 Å². The van der Waals surface area contributed by atoms with Crippen molar-refractivity contribution >= 4 is 17.7 Å². The zero-order valence-corrected chi connectivity index (χ0v) is 12.1. The normalized spacial score (nSPS) is 25.2. The van der Waals surface area contributed by atoms with E-state index in [1.165, 1.54) is 7.05 Å². The minimum Gasteiger partial charge on any atom is -0.339 e. The van der Waals surface area contributed by atoms with Crippen molar-refractivity contribution < 1.29 is 14.4 Å². The van der Waals surface area contributed by atoms with Gasteiger partial charge in [0.05, 0.1) is 12.6 Å². The molecule has 20 heavy (non-hydrogen) atoms. The van der Waals surface area contributed by atoms with E-state index in [0.717, 1.165) is 31.1 Å². The molecule has 2 aliphatic heterocycles. The average Bonchev–Trinajstić information content (AvgIpc) is 2.44. The molecule has 2 heterocycles. The van der Waals surface area contributed by atoms with E-state index in [0.29, 0.717) is 12.8 Å². The number of imide groups is 1. The first-order valence-electron chi connectivity index (χ1n) is 6.99. The summed E-state index contributed by atoms with van der Waals surface area (Å²) >= 11 is 0. The Labute approximate surface area is 118 Å². The van der Waals surface area contributed by atoms with Gasteiger partial charge in [-0.1, -0.05) is 0 Å². The number of piperazine rings is 1. The highest BCUT2D eigenvalue weighted by atomic mass is 16.2. The van der Waals surface area contributed by atoms with Crippen LogP contribution in [0.3, 0.4) is 0 Å². The van der Waals surface area contributed by atoms with Gasteiger partial charge in [-0.25, -0.2) is 0 Å². The molecule has 7 nitrogen and oxygen atoms in total. The zero-order chi connectivity index (χ0) is 14.7. The molecule has 0 aromatic carbocycles. The van der Waals surface area contributed by atoms with Crippen LogP contribution in [0.4, 0.5) is 0 Å². The van der Waals surface area contributed by atoms with Crippen LogP contribution in [0.15, 0.2) is 0 Å². The molecule has 0 aromatic rings. The maximum Gasteiger partial charge on any atom is 0.246 e. The number of amides is 3. The molecule has 0 spiro atoms. The number of rotatable bonds is 3. The molecule has 0 saturated carbocycles. The highest BCUT2D eigenvalue weighted by Gasteiger charge is 2.32. The number of nitrogens with one attached hydrogen (secondary N) is 1. The van der Waals surface area contributed by atoms with Gasteiger partial charge >= 0.3 is 0 Å². The van der Waals surface area contributed by atoms with Crippen LogP contribution < -0.4 is 5.32 Å². The standard InChI is InChI=1S/C13H22N4O3/c1-15-5-7-17(8-6-15)12(19)9-14-10-3-4-11(18)16(2)13(10)20/h10,14H,3-9H2,1-2H3. The van der Waals surface area contributed by atoms with E-state index in [9.17, 15) is 14.4 Å². The fourth-order valence-electron chi connectivity index (χ4n) is 2.48. The van der Waals surface area contributed by atoms with Crippen LogP contribution in [0.1, 0.15) is 12.8 Å². The van der Waals surface area contributed by atoms with Crippen LogP contribution in [0.2, 0.25) is 0 Å². The van der Waals surface area contributed by atoms with E-state index in [1.54, 1.807) is 0 Å². The van der Waals surface area contributed by atoms with Gasteiger partial charge in [-0.05, 0) is 13.5 Å². The van der Waals surface area contributed by atoms with E-state index in [2.05, 4.69) is 10.2 Å². The summed E-state index contributed by atoms with van der Waals surface area (Å²) in [6.07, 6.45) is 0.820. The van der Waals surface area contributed by atoms with Crippen LogP contribution in [-0.2, 0) is 14.4 Å². The Kier molecular flexibility index (Phi) is 4.72. The van der Waals surface area contributed by atoms with Gasteiger partial charge < -0.3 is 9.80 Å². The Balaban J connectivity index is 1.78. The molecule has 7 heteroatoms. The number of piperidine rings is 1. The van der Waals surface area contributed by atoms with Crippen molar-refractivity contribution in [2.75, 3.05) is 46.8 Å². The lowest BCUT2D eigenvalue weighted by Gasteiger charge is -2.33. The molecule has 0 aromatic heterocycles. The number of likely N-dealkylation sites (N-methyl/N-ethyl adjacent to an activating group) is 2. The second-order valence-electron chi connectivity index (χ2n) is 5.45. The summed E-state index contributed by atoms with van der Waals surface area (Å²) in [5.41, 5.74) is 0. The summed E-state index contributed by atoms with van der Waals surface area (Å²) in [6, 6.07) is -0.422. The Hall–Kier alpha value is -1.47. The second kappa shape index (κ2) is 6.32. The van der Waals surface area contributed by atoms with E-state index < -0.39 is 6.04 Å². The molecule has 2 fully saturated rings. The van der Waals surface area contributed by atoms with Gasteiger partial charge in [0.2, 0.25) is 17.7 Å². The quantitative estimate of drug-likeness (QED) is 0.638. The van der Waals surface area contributed by atoms with Crippen LogP contribution in [-0.4, -0.2) is 85.3 Å². The second-order valence-corrected chi connectivity index (χ2v) is 5.45. The molecule has 1 unspecified atom stereocenters. The molecule has 0 bridgehead atoms. The molecule has 2 rings (SSSR count). The minimum atomic E-state index is -0.422. The van der Waals surface area contributed by atoms with Gasteiger partial charge in [0.1, 0.15) is 0 Å². The number of nitrogens with zero attached hydrogens (tertiary/aromatic N) is 3. The smallest absolute Gasteiger partial charge is 0.246 e. The summed E-state index contributed by atoms with van der Waals surface area (Å²) in [4.78, 5) is 40.4. The molecule has 1 atom stereocenters. The molecule has 1 N–H and O–H groups in total. The Morgan fingerprint density at radius 1 is 1.20 bits per heavy atom. The first kappa shape index (κ1) is 14.9. The van der Waals surface area contributed by atoms with Crippen molar-refractivity contribution in [3.05, 3.63) is 0 Å². The summed E-state index contributed by atoms with van der Waals surface area (Å²) in [7, 11) is 3.52. The Morgan fingerprint density at radius 3 is 2.50 bits per heavy atom. The van der Waals surface area contributed by atoms with Gasteiger partial charge in [-0.15, -0.1) is 0 Å². The maximum atomic E-state index is 12.1. The van der Waals surface area contributed by atoms with Gasteiger partial charge in [0.25, 0.3) is 0 Å². The van der Waals surface area contributed by atoms with E-state index >= 15 is 0 Å². The third-order valence-electron chi connectivity index (χ3n) is 4.01. The molecule has 3 amide bonds. The van der Waals surface area contributed by atoms with Crippen LogP contribution in [0.25, 0.3) is 0 Å². The van der Waals surface area contributed by atoms with Crippen molar-refractivity contribution in [3.63, 3.8) is 0 Å². The monoisotopic (exact) mass is 282 g/mol. The van der Waals surface area contributed by atoms with Gasteiger partial charge in [-0.3, -0.25) is 24.6 Å². The van der Waals surface area contributed by atoms with Crippen molar-refractivity contribution in [2.24, 2.45) is 0 Å². The molecule has 2 saturated heterocycles. The average molecular weight is 282 g/mol. The summed E-state index contributed by atoms with van der Waals surface area (Å²) in [6.45, 7) is 3.38. The number of hydrogen-bond acceptors (Lipinski definition) is 5. The molecule has 0 aliphatic carbocycles. The topological polar surface area (TPSA) is 73.0 Å². The number of likely N-dealkylation sites (tertiary alicyclic amines) is 1.